The molecule has 0 fully saturated rings. The summed E-state index contributed by atoms with van der Waals surface area (Å²) in [5, 5.41) is 5.12. The molecule has 0 aliphatic carbocycles. The number of para-hydroxylation sites is 1. The second kappa shape index (κ2) is 8.31. The van der Waals surface area contributed by atoms with Crippen LogP contribution in [0.25, 0.3) is 5.69 Å². The standard InChI is InChI=1S/C22H24ClN3O/c1-15-9-10-20(23)12-21(15)26-16(2)11-19(17(26)3)14-25-24-13-18-7-5-6-8-22(18)27-4/h5-12,14,24H,13H2,1-4H3/b25-14-. The lowest BCUT2D eigenvalue weighted by Gasteiger charge is -2.13. The van der Waals surface area contributed by atoms with Crippen LogP contribution in [-0.4, -0.2) is 17.9 Å². The first-order valence-electron chi connectivity index (χ1n) is 8.84. The lowest BCUT2D eigenvalue weighted by molar-refractivity contribution is 0.408. The molecule has 0 atom stereocenters. The van der Waals surface area contributed by atoms with Crippen LogP contribution in [0.5, 0.6) is 5.75 Å². The first-order valence-corrected chi connectivity index (χ1v) is 9.22. The Labute approximate surface area is 165 Å². The largest absolute Gasteiger partial charge is 0.496 e. The molecule has 140 valence electrons. The third-order valence-corrected chi connectivity index (χ3v) is 4.87. The smallest absolute Gasteiger partial charge is 0.123 e. The van der Waals surface area contributed by atoms with Crippen LogP contribution in [0.1, 0.15) is 28.1 Å². The van der Waals surface area contributed by atoms with Crippen molar-refractivity contribution in [3.8, 4) is 11.4 Å². The summed E-state index contributed by atoms with van der Waals surface area (Å²) in [6.07, 6.45) is 1.86. The van der Waals surface area contributed by atoms with Crippen LogP contribution in [0.4, 0.5) is 0 Å². The number of nitrogens with one attached hydrogen (secondary N) is 1. The molecule has 0 aliphatic rings. The number of hydrazone groups is 1. The van der Waals surface area contributed by atoms with Crippen LogP contribution in [0.15, 0.2) is 53.6 Å². The van der Waals surface area contributed by atoms with E-state index in [9.17, 15) is 0 Å². The van der Waals surface area contributed by atoms with E-state index in [0.29, 0.717) is 6.54 Å². The van der Waals surface area contributed by atoms with Gasteiger partial charge in [-0.05, 0) is 50.6 Å². The number of nitrogens with zero attached hydrogens (tertiary/aromatic N) is 2. The van der Waals surface area contributed by atoms with E-state index in [1.54, 1.807) is 7.11 Å². The molecule has 0 saturated carbocycles. The fraction of sp³-hybridized carbons (Fsp3) is 0.227. The third-order valence-electron chi connectivity index (χ3n) is 4.64. The molecule has 0 saturated heterocycles. The van der Waals surface area contributed by atoms with Crippen molar-refractivity contribution in [2.24, 2.45) is 5.10 Å². The Morgan fingerprint density at radius 2 is 1.89 bits per heavy atom. The van der Waals surface area contributed by atoms with Gasteiger partial charge in [0.2, 0.25) is 0 Å². The van der Waals surface area contributed by atoms with E-state index in [1.165, 1.54) is 5.56 Å². The normalized spacial score (nSPS) is 11.1. The van der Waals surface area contributed by atoms with Crippen molar-refractivity contribution >= 4 is 17.8 Å². The quantitative estimate of drug-likeness (QED) is 0.471. The minimum Gasteiger partial charge on any atom is -0.496 e. The van der Waals surface area contributed by atoms with Gasteiger partial charge in [-0.2, -0.15) is 5.10 Å². The van der Waals surface area contributed by atoms with Gasteiger partial charge in [0, 0.05) is 33.2 Å². The Bertz CT molecular complexity index is 976. The van der Waals surface area contributed by atoms with Crippen molar-refractivity contribution in [1.29, 1.82) is 0 Å². The van der Waals surface area contributed by atoms with Gasteiger partial charge >= 0.3 is 0 Å². The number of hydrogen-bond acceptors (Lipinski definition) is 3. The summed E-state index contributed by atoms with van der Waals surface area (Å²) in [7, 11) is 1.68. The average molecular weight is 382 g/mol. The second-order valence-electron chi connectivity index (χ2n) is 6.50. The summed E-state index contributed by atoms with van der Waals surface area (Å²) >= 11 is 6.20. The highest BCUT2D eigenvalue weighted by molar-refractivity contribution is 6.30. The predicted molar refractivity (Wildman–Crippen MR) is 112 cm³/mol. The lowest BCUT2D eigenvalue weighted by Crippen LogP contribution is -2.07. The molecule has 1 N–H and O–H groups in total. The van der Waals surface area contributed by atoms with E-state index in [1.807, 2.05) is 48.7 Å². The minimum absolute atomic E-state index is 0.604. The second-order valence-corrected chi connectivity index (χ2v) is 6.93. The van der Waals surface area contributed by atoms with Gasteiger partial charge in [0.05, 0.1) is 19.9 Å². The lowest BCUT2D eigenvalue weighted by atomic mass is 10.2. The zero-order valence-electron chi connectivity index (χ0n) is 16.1. The van der Waals surface area contributed by atoms with Gasteiger partial charge in [-0.1, -0.05) is 35.9 Å². The maximum absolute atomic E-state index is 6.20. The van der Waals surface area contributed by atoms with Crippen LogP contribution in [-0.2, 0) is 6.54 Å². The highest BCUT2D eigenvalue weighted by Gasteiger charge is 2.11. The fourth-order valence-corrected chi connectivity index (χ4v) is 3.37. The summed E-state index contributed by atoms with van der Waals surface area (Å²) in [6, 6.07) is 16.0. The van der Waals surface area contributed by atoms with Crippen LogP contribution in [0.3, 0.4) is 0 Å². The Hall–Kier alpha value is -2.72. The molecule has 0 aliphatic heterocycles. The van der Waals surface area contributed by atoms with Gasteiger partial charge in [0.15, 0.2) is 0 Å². The topological polar surface area (TPSA) is 38.5 Å². The fourth-order valence-electron chi connectivity index (χ4n) is 3.21. The van der Waals surface area contributed by atoms with Crippen LogP contribution in [0, 0.1) is 20.8 Å². The van der Waals surface area contributed by atoms with E-state index in [4.69, 9.17) is 16.3 Å². The van der Waals surface area contributed by atoms with Crippen molar-refractivity contribution in [2.45, 2.75) is 27.3 Å². The summed E-state index contributed by atoms with van der Waals surface area (Å²) < 4.78 is 7.57. The zero-order chi connectivity index (χ0) is 19.4. The highest BCUT2D eigenvalue weighted by atomic mass is 35.5. The molecule has 2 aromatic carbocycles. The molecule has 0 amide bonds. The van der Waals surface area contributed by atoms with Gasteiger partial charge in [-0.15, -0.1) is 0 Å². The number of ether oxygens (including phenoxy) is 1. The summed E-state index contributed by atoms with van der Waals surface area (Å²) in [5.41, 5.74) is 9.78. The predicted octanol–water partition coefficient (Wildman–Crippen LogP) is 5.19. The van der Waals surface area contributed by atoms with Gasteiger partial charge < -0.3 is 14.7 Å². The summed E-state index contributed by atoms with van der Waals surface area (Å²) in [5.74, 6) is 0.856. The van der Waals surface area contributed by atoms with Crippen molar-refractivity contribution < 1.29 is 4.74 Å². The minimum atomic E-state index is 0.604. The molecule has 0 spiro atoms. The number of halogens is 1. The molecular formula is C22H24ClN3O. The third kappa shape index (κ3) is 4.17. The van der Waals surface area contributed by atoms with Gasteiger partial charge in [0.1, 0.15) is 5.75 Å². The maximum atomic E-state index is 6.20. The summed E-state index contributed by atoms with van der Waals surface area (Å²) in [6.45, 7) is 6.88. The SMILES string of the molecule is COc1ccccc1CN/N=C\c1cc(C)n(-c2cc(Cl)ccc2C)c1C. The van der Waals surface area contributed by atoms with Crippen LogP contribution < -0.4 is 10.2 Å². The van der Waals surface area contributed by atoms with E-state index in [-0.39, 0.29) is 0 Å². The zero-order valence-corrected chi connectivity index (χ0v) is 16.8. The number of methoxy groups -OCH3 is 1. The number of aryl methyl sites for hydroxylation is 2. The summed E-state index contributed by atoms with van der Waals surface area (Å²) in [4.78, 5) is 0. The molecule has 0 unspecified atom stereocenters. The first kappa shape index (κ1) is 19.1. The van der Waals surface area contributed by atoms with Gasteiger partial charge in [-0.3, -0.25) is 0 Å². The Morgan fingerprint density at radius 1 is 1.11 bits per heavy atom. The van der Waals surface area contributed by atoms with E-state index >= 15 is 0 Å². The Kier molecular flexibility index (Phi) is 5.87. The van der Waals surface area contributed by atoms with Crippen molar-refractivity contribution in [3.63, 3.8) is 0 Å². The monoisotopic (exact) mass is 381 g/mol. The van der Waals surface area contributed by atoms with E-state index in [0.717, 1.165) is 39.0 Å². The maximum Gasteiger partial charge on any atom is 0.123 e. The van der Waals surface area contributed by atoms with Crippen molar-refractivity contribution in [2.75, 3.05) is 7.11 Å². The molecule has 5 heteroatoms. The molecular weight excluding hydrogens is 358 g/mol. The van der Waals surface area contributed by atoms with Gasteiger partial charge in [-0.25, -0.2) is 0 Å². The molecule has 4 nitrogen and oxygen atoms in total. The van der Waals surface area contributed by atoms with E-state index < -0.39 is 0 Å². The number of aromatic nitrogens is 1. The average Bonchev–Trinajstić information content (AvgIpc) is 2.94. The van der Waals surface area contributed by atoms with Crippen molar-refractivity contribution in [1.82, 2.24) is 9.99 Å². The van der Waals surface area contributed by atoms with Gasteiger partial charge in [0.25, 0.3) is 0 Å². The van der Waals surface area contributed by atoms with Crippen LogP contribution >= 0.6 is 11.6 Å². The Balaban J connectivity index is 1.78. The molecule has 0 radical (unpaired) electrons. The molecule has 3 rings (SSSR count). The molecule has 1 heterocycles. The highest BCUT2D eigenvalue weighted by Crippen LogP contribution is 2.25. The first-order chi connectivity index (χ1) is 13.0. The van der Waals surface area contributed by atoms with Crippen molar-refractivity contribution in [3.05, 3.63) is 81.6 Å². The number of benzene rings is 2. The molecule has 27 heavy (non-hydrogen) atoms. The van der Waals surface area contributed by atoms with E-state index in [2.05, 4.69) is 41.9 Å². The molecule has 1 aromatic heterocycles. The number of rotatable bonds is 6. The van der Waals surface area contributed by atoms with Crippen LogP contribution in [0.2, 0.25) is 5.02 Å². The number of hydrogen-bond donors (Lipinski definition) is 1. The Morgan fingerprint density at radius 3 is 2.67 bits per heavy atom. The molecule has 3 aromatic rings. The molecule has 0 bridgehead atoms.